The Kier molecular flexibility index (Phi) is 6.09. The summed E-state index contributed by atoms with van der Waals surface area (Å²) >= 11 is 0. The summed E-state index contributed by atoms with van der Waals surface area (Å²) in [7, 11) is 1.81. The number of methoxy groups -OCH3 is 1. The predicted molar refractivity (Wildman–Crippen MR) is 78.0 cm³/mol. The molecule has 1 rings (SSSR count). The molecule has 0 amide bonds. The molecule has 1 N–H and O–H groups in total. The summed E-state index contributed by atoms with van der Waals surface area (Å²) in [5.41, 5.74) is 0.318. The normalized spacial score (nSPS) is 26.5. The Morgan fingerprint density at radius 1 is 1.28 bits per heavy atom. The molecule has 2 unspecified atom stereocenters. The molecule has 0 aromatic heterocycles. The quantitative estimate of drug-likeness (QED) is 0.790. The van der Waals surface area contributed by atoms with Gasteiger partial charge in [-0.25, -0.2) is 0 Å². The number of rotatable bonds is 6. The molecule has 1 aliphatic rings. The minimum Gasteiger partial charge on any atom is -0.380 e. The molecule has 0 aliphatic carbocycles. The van der Waals surface area contributed by atoms with E-state index in [-0.39, 0.29) is 0 Å². The van der Waals surface area contributed by atoms with Crippen LogP contribution in [0.15, 0.2) is 0 Å². The smallest absolute Gasteiger partial charge is 0.0670 e. The molecule has 1 saturated heterocycles. The fourth-order valence-corrected chi connectivity index (χ4v) is 2.98. The molecule has 0 spiro atoms. The van der Waals surface area contributed by atoms with Crippen LogP contribution < -0.4 is 5.32 Å². The highest BCUT2D eigenvalue weighted by atomic mass is 16.5. The van der Waals surface area contributed by atoms with Gasteiger partial charge in [0.05, 0.1) is 6.10 Å². The lowest BCUT2D eigenvalue weighted by Gasteiger charge is -2.51. The molecule has 0 radical (unpaired) electrons. The molecular weight excluding hydrogens is 224 g/mol. The number of nitrogens with one attached hydrogen (secondary N) is 1. The van der Waals surface area contributed by atoms with Crippen molar-refractivity contribution >= 4 is 0 Å². The van der Waals surface area contributed by atoms with Gasteiger partial charge in [-0.2, -0.15) is 0 Å². The van der Waals surface area contributed by atoms with Crippen LogP contribution in [-0.4, -0.2) is 49.3 Å². The van der Waals surface area contributed by atoms with E-state index < -0.39 is 0 Å². The van der Waals surface area contributed by atoms with E-state index in [1.807, 2.05) is 7.11 Å². The van der Waals surface area contributed by atoms with Gasteiger partial charge in [0.2, 0.25) is 0 Å². The highest BCUT2D eigenvalue weighted by Crippen LogP contribution is 2.28. The summed E-state index contributed by atoms with van der Waals surface area (Å²) in [5, 5.41) is 3.75. The molecule has 0 aromatic carbocycles. The zero-order valence-electron chi connectivity index (χ0n) is 13.1. The topological polar surface area (TPSA) is 24.5 Å². The van der Waals surface area contributed by atoms with Crippen LogP contribution in [0.25, 0.3) is 0 Å². The van der Waals surface area contributed by atoms with Gasteiger partial charge in [-0.15, -0.1) is 0 Å². The molecule has 0 saturated carbocycles. The Hall–Kier alpha value is -0.120. The lowest BCUT2D eigenvalue weighted by Crippen LogP contribution is -2.66. The third-order valence-electron chi connectivity index (χ3n) is 4.78. The average Bonchev–Trinajstić information content (AvgIpc) is 2.38. The van der Waals surface area contributed by atoms with Crippen LogP contribution in [0.5, 0.6) is 0 Å². The third kappa shape index (κ3) is 3.46. The van der Waals surface area contributed by atoms with Crippen molar-refractivity contribution in [2.45, 2.75) is 65.1 Å². The Balaban J connectivity index is 2.78. The molecule has 3 nitrogen and oxygen atoms in total. The number of nitrogens with zero attached hydrogens (tertiary/aromatic N) is 1. The number of ether oxygens (including phenoxy) is 1. The molecule has 1 heterocycles. The zero-order chi connectivity index (χ0) is 13.8. The van der Waals surface area contributed by atoms with Crippen LogP contribution in [0.1, 0.15) is 47.5 Å². The first-order valence-corrected chi connectivity index (χ1v) is 7.50. The number of hydrogen-bond donors (Lipinski definition) is 1. The van der Waals surface area contributed by atoms with Gasteiger partial charge in [-0.05, 0) is 25.7 Å². The molecule has 18 heavy (non-hydrogen) atoms. The highest BCUT2D eigenvalue weighted by Gasteiger charge is 2.39. The van der Waals surface area contributed by atoms with Crippen molar-refractivity contribution in [1.82, 2.24) is 10.2 Å². The standard InChI is InChI=1S/C15H32N2O/c1-7-15(8-2)11-16-14(12(3)4)10-17(15)9-13(5)18-6/h12-14,16H,7-11H2,1-6H3. The van der Waals surface area contributed by atoms with E-state index in [1.165, 1.54) is 12.8 Å². The van der Waals surface area contributed by atoms with Gasteiger partial charge in [-0.1, -0.05) is 27.7 Å². The Bertz CT molecular complexity index is 239. The summed E-state index contributed by atoms with van der Waals surface area (Å²) in [4.78, 5) is 2.67. The van der Waals surface area contributed by atoms with Gasteiger partial charge >= 0.3 is 0 Å². The summed E-state index contributed by atoms with van der Waals surface area (Å²) in [5.74, 6) is 0.692. The van der Waals surface area contributed by atoms with Crippen LogP contribution in [0.2, 0.25) is 0 Å². The maximum absolute atomic E-state index is 5.47. The highest BCUT2D eigenvalue weighted by molar-refractivity contribution is 4.98. The largest absolute Gasteiger partial charge is 0.380 e. The first kappa shape index (κ1) is 15.9. The molecule has 0 bridgehead atoms. The fraction of sp³-hybridized carbons (Fsp3) is 1.00. The molecule has 0 aromatic rings. The number of piperazine rings is 1. The molecule has 108 valence electrons. The first-order valence-electron chi connectivity index (χ1n) is 7.50. The van der Waals surface area contributed by atoms with Gasteiger partial charge in [0.15, 0.2) is 0 Å². The lowest BCUT2D eigenvalue weighted by atomic mass is 9.85. The second-order valence-electron chi connectivity index (χ2n) is 6.11. The van der Waals surface area contributed by atoms with Crippen molar-refractivity contribution in [3.63, 3.8) is 0 Å². The van der Waals surface area contributed by atoms with Crippen LogP contribution in [0.4, 0.5) is 0 Å². The van der Waals surface area contributed by atoms with E-state index >= 15 is 0 Å². The van der Waals surface area contributed by atoms with E-state index in [1.54, 1.807) is 0 Å². The fourth-order valence-electron chi connectivity index (χ4n) is 2.98. The van der Waals surface area contributed by atoms with Gasteiger partial charge < -0.3 is 10.1 Å². The minimum absolute atomic E-state index is 0.313. The van der Waals surface area contributed by atoms with Crippen molar-refractivity contribution in [2.24, 2.45) is 5.92 Å². The Morgan fingerprint density at radius 2 is 1.89 bits per heavy atom. The van der Waals surface area contributed by atoms with Crippen LogP contribution in [0, 0.1) is 5.92 Å². The van der Waals surface area contributed by atoms with Crippen LogP contribution >= 0.6 is 0 Å². The lowest BCUT2D eigenvalue weighted by molar-refractivity contribution is -0.0177. The molecule has 1 fully saturated rings. The molecule has 2 atom stereocenters. The maximum Gasteiger partial charge on any atom is 0.0670 e. The summed E-state index contributed by atoms with van der Waals surface area (Å²) in [6, 6.07) is 0.611. The third-order valence-corrected chi connectivity index (χ3v) is 4.78. The second kappa shape index (κ2) is 6.88. The number of hydrogen-bond acceptors (Lipinski definition) is 3. The van der Waals surface area contributed by atoms with Crippen LogP contribution in [-0.2, 0) is 4.74 Å². The second-order valence-corrected chi connectivity index (χ2v) is 6.11. The summed E-state index contributed by atoms with van der Waals surface area (Å²) in [6.07, 6.45) is 2.73. The molecule has 1 aliphatic heterocycles. The van der Waals surface area contributed by atoms with Crippen molar-refractivity contribution < 1.29 is 4.74 Å². The van der Waals surface area contributed by atoms with Gasteiger partial charge in [0.1, 0.15) is 0 Å². The van der Waals surface area contributed by atoms with Crippen molar-refractivity contribution in [1.29, 1.82) is 0 Å². The Labute approximate surface area is 113 Å². The van der Waals surface area contributed by atoms with E-state index in [2.05, 4.69) is 44.8 Å². The Morgan fingerprint density at radius 3 is 2.33 bits per heavy atom. The minimum atomic E-state index is 0.313. The van der Waals surface area contributed by atoms with E-state index in [0.717, 1.165) is 19.6 Å². The zero-order valence-corrected chi connectivity index (χ0v) is 13.1. The molecular formula is C15H32N2O. The molecule has 3 heteroatoms. The van der Waals surface area contributed by atoms with Crippen molar-refractivity contribution in [2.75, 3.05) is 26.7 Å². The average molecular weight is 256 g/mol. The van der Waals surface area contributed by atoms with Crippen LogP contribution in [0.3, 0.4) is 0 Å². The van der Waals surface area contributed by atoms with Crippen molar-refractivity contribution in [3.05, 3.63) is 0 Å². The monoisotopic (exact) mass is 256 g/mol. The van der Waals surface area contributed by atoms with Gasteiger partial charge in [-0.3, -0.25) is 4.90 Å². The van der Waals surface area contributed by atoms with E-state index in [9.17, 15) is 0 Å². The van der Waals surface area contributed by atoms with E-state index in [0.29, 0.717) is 23.6 Å². The SMILES string of the molecule is CCC1(CC)CNC(C(C)C)CN1CC(C)OC. The first-order chi connectivity index (χ1) is 8.49. The van der Waals surface area contributed by atoms with Gasteiger partial charge in [0.25, 0.3) is 0 Å². The summed E-state index contributed by atoms with van der Waals surface area (Å²) in [6.45, 7) is 14.7. The summed E-state index contributed by atoms with van der Waals surface area (Å²) < 4.78 is 5.47. The maximum atomic E-state index is 5.47. The predicted octanol–water partition coefficient (Wildman–Crippen LogP) is 2.51. The van der Waals surface area contributed by atoms with Gasteiger partial charge in [0, 0.05) is 38.3 Å². The van der Waals surface area contributed by atoms with E-state index in [4.69, 9.17) is 4.74 Å². The van der Waals surface area contributed by atoms with Crippen molar-refractivity contribution in [3.8, 4) is 0 Å².